The first kappa shape index (κ1) is 14.8. The predicted molar refractivity (Wildman–Crippen MR) is 80.6 cm³/mol. The fraction of sp³-hybridized carbons (Fsp3) is 0.600. The first-order chi connectivity index (χ1) is 9.63. The zero-order valence-corrected chi connectivity index (χ0v) is 12.9. The number of hydrogen-bond donors (Lipinski definition) is 1. The van der Waals surface area contributed by atoms with E-state index >= 15 is 0 Å². The highest BCUT2D eigenvalue weighted by Gasteiger charge is 2.11. The summed E-state index contributed by atoms with van der Waals surface area (Å²) < 4.78 is 3.94. The molecule has 0 aromatic carbocycles. The Morgan fingerprint density at radius 3 is 2.70 bits per heavy atom. The summed E-state index contributed by atoms with van der Waals surface area (Å²) in [6.07, 6.45) is 7.17. The molecule has 5 heteroatoms. The fourth-order valence-electron chi connectivity index (χ4n) is 2.31. The van der Waals surface area contributed by atoms with Crippen LogP contribution in [0.25, 0.3) is 0 Å². The quantitative estimate of drug-likeness (QED) is 0.845. The van der Waals surface area contributed by atoms with Gasteiger partial charge in [0.1, 0.15) is 0 Å². The smallest absolute Gasteiger partial charge is 0.0849 e. The van der Waals surface area contributed by atoms with Gasteiger partial charge in [-0.25, -0.2) is 0 Å². The Morgan fingerprint density at radius 1 is 1.30 bits per heavy atom. The maximum Gasteiger partial charge on any atom is 0.0849 e. The summed E-state index contributed by atoms with van der Waals surface area (Å²) in [5.41, 5.74) is 2.29. The summed E-state index contributed by atoms with van der Waals surface area (Å²) in [5, 5.41) is 12.5. The molecule has 1 unspecified atom stereocenters. The summed E-state index contributed by atoms with van der Waals surface area (Å²) in [6.45, 7) is 10.3. The van der Waals surface area contributed by atoms with E-state index in [1.54, 1.807) is 0 Å². The molecule has 0 bridgehead atoms. The summed E-state index contributed by atoms with van der Waals surface area (Å²) in [5.74, 6) is 0. The normalized spacial score (nSPS) is 13.1. The van der Waals surface area contributed by atoms with E-state index in [0.717, 1.165) is 25.2 Å². The van der Waals surface area contributed by atoms with E-state index < -0.39 is 0 Å². The highest BCUT2D eigenvalue weighted by Crippen LogP contribution is 2.15. The molecular formula is C15H25N5. The average molecular weight is 275 g/mol. The van der Waals surface area contributed by atoms with Crippen molar-refractivity contribution in [2.24, 2.45) is 0 Å². The Bertz CT molecular complexity index is 526. The molecule has 0 saturated heterocycles. The zero-order valence-electron chi connectivity index (χ0n) is 12.9. The molecule has 0 fully saturated rings. The van der Waals surface area contributed by atoms with Crippen molar-refractivity contribution < 1.29 is 0 Å². The minimum atomic E-state index is 0.391. The average Bonchev–Trinajstić information content (AvgIpc) is 3.06. The zero-order chi connectivity index (χ0) is 14.5. The molecule has 0 amide bonds. The van der Waals surface area contributed by atoms with Crippen molar-refractivity contribution in [3.05, 3.63) is 35.9 Å². The lowest BCUT2D eigenvalue weighted by Gasteiger charge is -2.13. The minimum Gasteiger partial charge on any atom is -0.310 e. The molecule has 0 radical (unpaired) electrons. The van der Waals surface area contributed by atoms with Crippen LogP contribution >= 0.6 is 0 Å². The number of nitrogens with zero attached hydrogens (tertiary/aromatic N) is 4. The van der Waals surface area contributed by atoms with Gasteiger partial charge in [-0.1, -0.05) is 13.8 Å². The van der Waals surface area contributed by atoms with Gasteiger partial charge in [-0.15, -0.1) is 0 Å². The van der Waals surface area contributed by atoms with Crippen LogP contribution in [0.5, 0.6) is 0 Å². The Balaban J connectivity index is 2.04. The number of rotatable bonds is 7. The molecule has 0 aliphatic rings. The van der Waals surface area contributed by atoms with E-state index in [4.69, 9.17) is 0 Å². The second kappa shape index (κ2) is 6.70. The number of aromatic nitrogens is 4. The maximum absolute atomic E-state index is 4.56. The third-order valence-electron chi connectivity index (χ3n) is 3.43. The van der Waals surface area contributed by atoms with Crippen LogP contribution in [0.4, 0.5) is 0 Å². The lowest BCUT2D eigenvalue weighted by Crippen LogP contribution is -2.19. The molecule has 0 aliphatic heterocycles. The van der Waals surface area contributed by atoms with Crippen molar-refractivity contribution in [2.75, 3.05) is 6.54 Å². The van der Waals surface area contributed by atoms with Gasteiger partial charge >= 0.3 is 0 Å². The van der Waals surface area contributed by atoms with Crippen LogP contribution in [-0.2, 0) is 6.54 Å². The van der Waals surface area contributed by atoms with Gasteiger partial charge in [0.05, 0.1) is 18.4 Å². The van der Waals surface area contributed by atoms with Crippen LogP contribution in [0.3, 0.4) is 0 Å². The molecular weight excluding hydrogens is 250 g/mol. The van der Waals surface area contributed by atoms with E-state index in [9.17, 15) is 0 Å². The van der Waals surface area contributed by atoms with Gasteiger partial charge < -0.3 is 5.32 Å². The maximum atomic E-state index is 4.56. The fourth-order valence-corrected chi connectivity index (χ4v) is 2.31. The second-order valence-electron chi connectivity index (χ2n) is 5.37. The van der Waals surface area contributed by atoms with Crippen molar-refractivity contribution >= 4 is 0 Å². The predicted octanol–water partition coefficient (Wildman–Crippen LogP) is 2.77. The molecule has 0 aliphatic carbocycles. The minimum absolute atomic E-state index is 0.391. The first-order valence-electron chi connectivity index (χ1n) is 7.43. The molecule has 110 valence electrons. The highest BCUT2D eigenvalue weighted by atomic mass is 15.3. The van der Waals surface area contributed by atoms with Crippen LogP contribution in [-0.4, -0.2) is 26.1 Å². The van der Waals surface area contributed by atoms with Gasteiger partial charge in [-0.3, -0.25) is 9.36 Å². The Morgan fingerprint density at radius 2 is 2.10 bits per heavy atom. The van der Waals surface area contributed by atoms with Gasteiger partial charge in [-0.2, -0.15) is 10.2 Å². The molecule has 20 heavy (non-hydrogen) atoms. The molecule has 1 atom stereocenters. The summed E-state index contributed by atoms with van der Waals surface area (Å²) in [7, 11) is 0. The van der Waals surface area contributed by atoms with E-state index in [1.807, 2.05) is 21.8 Å². The lowest BCUT2D eigenvalue weighted by atomic mass is 10.1. The molecule has 2 heterocycles. The molecule has 2 aromatic rings. The number of nitrogens with one attached hydrogen (secondary N) is 1. The molecule has 2 aromatic heterocycles. The van der Waals surface area contributed by atoms with Crippen LogP contribution in [0, 0.1) is 0 Å². The van der Waals surface area contributed by atoms with Gasteiger partial charge in [0.2, 0.25) is 0 Å². The lowest BCUT2D eigenvalue weighted by molar-refractivity contribution is 0.520. The summed E-state index contributed by atoms with van der Waals surface area (Å²) >= 11 is 0. The number of hydrogen-bond acceptors (Lipinski definition) is 3. The van der Waals surface area contributed by atoms with Gasteiger partial charge in [0.25, 0.3) is 0 Å². The first-order valence-corrected chi connectivity index (χ1v) is 7.43. The Hall–Kier alpha value is -1.62. The third kappa shape index (κ3) is 3.48. The van der Waals surface area contributed by atoms with Gasteiger partial charge in [-0.05, 0) is 32.9 Å². The van der Waals surface area contributed by atoms with E-state index in [0.29, 0.717) is 12.1 Å². The topological polar surface area (TPSA) is 47.7 Å². The second-order valence-corrected chi connectivity index (χ2v) is 5.37. The highest BCUT2D eigenvalue weighted by molar-refractivity contribution is 5.11. The molecule has 0 spiro atoms. The van der Waals surface area contributed by atoms with Gasteiger partial charge in [0, 0.05) is 30.0 Å². The molecule has 0 saturated carbocycles. The van der Waals surface area contributed by atoms with Crippen molar-refractivity contribution in [1.29, 1.82) is 0 Å². The summed E-state index contributed by atoms with van der Waals surface area (Å²) in [4.78, 5) is 0. The van der Waals surface area contributed by atoms with Crippen LogP contribution < -0.4 is 5.32 Å². The van der Waals surface area contributed by atoms with E-state index in [2.05, 4.69) is 55.5 Å². The van der Waals surface area contributed by atoms with Gasteiger partial charge in [0.15, 0.2) is 0 Å². The third-order valence-corrected chi connectivity index (χ3v) is 3.43. The van der Waals surface area contributed by atoms with Crippen molar-refractivity contribution in [3.8, 4) is 0 Å². The Labute approximate surface area is 121 Å². The SMILES string of the molecule is CCNC(CC)c1cnn(Cc2ccn(C(C)C)n2)c1. The van der Waals surface area contributed by atoms with Crippen LogP contribution in [0.15, 0.2) is 24.7 Å². The van der Waals surface area contributed by atoms with Crippen molar-refractivity contribution in [2.45, 2.75) is 52.7 Å². The van der Waals surface area contributed by atoms with E-state index in [1.165, 1.54) is 5.56 Å². The van der Waals surface area contributed by atoms with Crippen LogP contribution in [0.2, 0.25) is 0 Å². The Kier molecular flexibility index (Phi) is 4.95. The standard InChI is InChI=1S/C15H25N5/c1-5-15(16-6-2)13-9-17-19(10-13)11-14-7-8-20(18-14)12(3)4/h7-10,12,15-16H,5-6,11H2,1-4H3. The van der Waals surface area contributed by atoms with Crippen LogP contribution in [0.1, 0.15) is 57.5 Å². The molecule has 5 nitrogen and oxygen atoms in total. The monoisotopic (exact) mass is 275 g/mol. The van der Waals surface area contributed by atoms with Crippen molar-refractivity contribution in [1.82, 2.24) is 24.9 Å². The van der Waals surface area contributed by atoms with Crippen molar-refractivity contribution in [3.63, 3.8) is 0 Å². The van der Waals surface area contributed by atoms with E-state index in [-0.39, 0.29) is 0 Å². The largest absolute Gasteiger partial charge is 0.310 e. The molecule has 2 rings (SSSR count). The molecule has 1 N–H and O–H groups in total. The summed E-state index contributed by atoms with van der Waals surface area (Å²) in [6, 6.07) is 2.85.